The van der Waals surface area contributed by atoms with E-state index in [9.17, 15) is 0 Å². The van der Waals surface area contributed by atoms with Crippen molar-refractivity contribution in [2.75, 3.05) is 20.3 Å². The third kappa shape index (κ3) is 4.41. The highest BCUT2D eigenvalue weighted by atomic mass is 16.5. The number of methoxy groups -OCH3 is 1. The molecule has 0 atom stereocenters. The molecule has 5 heteroatoms. The van der Waals surface area contributed by atoms with E-state index >= 15 is 0 Å². The van der Waals surface area contributed by atoms with Crippen molar-refractivity contribution < 1.29 is 19.4 Å². The Kier molecular flexibility index (Phi) is 5.65. The van der Waals surface area contributed by atoms with E-state index in [2.05, 4.69) is 5.16 Å². The van der Waals surface area contributed by atoms with Crippen LogP contribution in [-0.4, -0.2) is 31.7 Å². The van der Waals surface area contributed by atoms with Crippen molar-refractivity contribution in [3.05, 3.63) is 53.6 Å². The molecule has 0 heterocycles. The van der Waals surface area contributed by atoms with E-state index in [4.69, 9.17) is 19.4 Å². The summed E-state index contributed by atoms with van der Waals surface area (Å²) in [7, 11) is 1.56. The maximum atomic E-state index is 8.53. The predicted molar refractivity (Wildman–Crippen MR) is 84.5 cm³/mol. The van der Waals surface area contributed by atoms with Gasteiger partial charge in [-0.2, -0.15) is 0 Å². The largest absolute Gasteiger partial charge is 0.493 e. The van der Waals surface area contributed by atoms with Gasteiger partial charge in [-0.3, -0.25) is 0 Å². The lowest BCUT2D eigenvalue weighted by molar-refractivity contribution is 0.211. The Morgan fingerprint density at radius 1 is 1.00 bits per heavy atom. The summed E-state index contributed by atoms with van der Waals surface area (Å²) in [6.07, 6.45) is 1.33. The summed E-state index contributed by atoms with van der Waals surface area (Å²) >= 11 is 0. The van der Waals surface area contributed by atoms with E-state index in [1.165, 1.54) is 11.8 Å². The SMILES string of the molecule is COc1cc(C=NO)ccc1OCCOc1ccc(C)cc1. The molecule has 5 nitrogen and oxygen atoms in total. The average Bonchev–Trinajstić information content (AvgIpc) is 2.54. The molecule has 0 unspecified atom stereocenters. The van der Waals surface area contributed by atoms with Gasteiger partial charge in [-0.25, -0.2) is 0 Å². The Morgan fingerprint density at radius 3 is 2.41 bits per heavy atom. The van der Waals surface area contributed by atoms with Crippen molar-refractivity contribution in [2.45, 2.75) is 6.92 Å². The molecule has 0 saturated carbocycles. The van der Waals surface area contributed by atoms with Crippen LogP contribution in [0.3, 0.4) is 0 Å². The molecule has 2 rings (SSSR count). The molecule has 116 valence electrons. The van der Waals surface area contributed by atoms with Crippen molar-refractivity contribution in [3.8, 4) is 17.2 Å². The molecule has 0 aliphatic carbocycles. The van der Waals surface area contributed by atoms with Crippen LogP contribution >= 0.6 is 0 Å². The normalized spacial score (nSPS) is 10.6. The van der Waals surface area contributed by atoms with E-state index in [0.717, 1.165) is 11.3 Å². The fraction of sp³-hybridized carbons (Fsp3) is 0.235. The number of aryl methyl sites for hydroxylation is 1. The monoisotopic (exact) mass is 301 g/mol. The topological polar surface area (TPSA) is 60.3 Å². The van der Waals surface area contributed by atoms with Crippen LogP contribution in [0.25, 0.3) is 0 Å². The van der Waals surface area contributed by atoms with Gasteiger partial charge in [0.05, 0.1) is 13.3 Å². The first-order chi connectivity index (χ1) is 10.7. The summed E-state index contributed by atoms with van der Waals surface area (Å²) in [5, 5.41) is 11.5. The fourth-order valence-electron chi connectivity index (χ4n) is 1.90. The zero-order chi connectivity index (χ0) is 15.8. The van der Waals surface area contributed by atoms with E-state index in [1.54, 1.807) is 25.3 Å². The van der Waals surface area contributed by atoms with Crippen LogP contribution in [0.15, 0.2) is 47.6 Å². The lowest BCUT2D eigenvalue weighted by atomic mass is 10.2. The van der Waals surface area contributed by atoms with Gasteiger partial charge in [0, 0.05) is 5.56 Å². The molecule has 0 radical (unpaired) electrons. The van der Waals surface area contributed by atoms with Crippen LogP contribution < -0.4 is 14.2 Å². The Labute approximate surface area is 129 Å². The molecular weight excluding hydrogens is 282 g/mol. The van der Waals surface area contributed by atoms with Gasteiger partial charge in [0.15, 0.2) is 11.5 Å². The van der Waals surface area contributed by atoms with E-state index in [1.807, 2.05) is 31.2 Å². The number of rotatable bonds is 7. The van der Waals surface area contributed by atoms with Crippen molar-refractivity contribution in [2.24, 2.45) is 5.16 Å². The third-order valence-corrected chi connectivity index (χ3v) is 3.03. The number of ether oxygens (including phenoxy) is 3. The zero-order valence-corrected chi connectivity index (χ0v) is 12.7. The summed E-state index contributed by atoms with van der Waals surface area (Å²) in [5.41, 5.74) is 1.92. The second-order valence-electron chi connectivity index (χ2n) is 4.66. The van der Waals surface area contributed by atoms with Crippen LogP contribution in [0.5, 0.6) is 17.2 Å². The molecule has 0 saturated heterocycles. The third-order valence-electron chi connectivity index (χ3n) is 3.03. The summed E-state index contributed by atoms with van der Waals surface area (Å²) in [5.74, 6) is 2.01. The van der Waals surface area contributed by atoms with Crippen LogP contribution in [0.1, 0.15) is 11.1 Å². The van der Waals surface area contributed by atoms with Crippen molar-refractivity contribution in [1.82, 2.24) is 0 Å². The van der Waals surface area contributed by atoms with Crippen molar-refractivity contribution in [1.29, 1.82) is 0 Å². The van der Waals surface area contributed by atoms with E-state index in [0.29, 0.717) is 24.7 Å². The summed E-state index contributed by atoms with van der Waals surface area (Å²) in [4.78, 5) is 0. The maximum Gasteiger partial charge on any atom is 0.161 e. The van der Waals surface area contributed by atoms with Gasteiger partial charge >= 0.3 is 0 Å². The Bertz CT molecular complexity index is 623. The summed E-state index contributed by atoms with van der Waals surface area (Å²) in [6.45, 7) is 2.87. The zero-order valence-electron chi connectivity index (χ0n) is 12.7. The molecule has 0 fully saturated rings. The first-order valence-electron chi connectivity index (χ1n) is 6.90. The number of oxime groups is 1. The van der Waals surface area contributed by atoms with Crippen molar-refractivity contribution in [3.63, 3.8) is 0 Å². The Balaban J connectivity index is 1.87. The molecular formula is C17H19NO4. The van der Waals surface area contributed by atoms with Crippen LogP contribution in [0, 0.1) is 6.92 Å². The summed E-state index contributed by atoms with van der Waals surface area (Å²) in [6, 6.07) is 13.1. The van der Waals surface area contributed by atoms with E-state index < -0.39 is 0 Å². The summed E-state index contributed by atoms with van der Waals surface area (Å²) < 4.78 is 16.5. The standard InChI is InChI=1S/C17H19NO4/c1-13-3-6-15(7-4-13)21-9-10-22-16-8-5-14(12-18-19)11-17(16)20-2/h3-8,11-12,19H,9-10H2,1-2H3. The van der Waals surface area contributed by atoms with Crippen LogP contribution in [0.4, 0.5) is 0 Å². The van der Waals surface area contributed by atoms with Crippen LogP contribution in [-0.2, 0) is 0 Å². The van der Waals surface area contributed by atoms with Crippen molar-refractivity contribution >= 4 is 6.21 Å². The number of hydrogen-bond donors (Lipinski definition) is 1. The minimum atomic E-state index is 0.400. The predicted octanol–water partition coefficient (Wildman–Crippen LogP) is 3.27. The minimum Gasteiger partial charge on any atom is -0.493 e. The maximum absolute atomic E-state index is 8.53. The fourth-order valence-corrected chi connectivity index (χ4v) is 1.90. The highest BCUT2D eigenvalue weighted by Gasteiger charge is 2.05. The highest BCUT2D eigenvalue weighted by molar-refractivity contribution is 5.80. The van der Waals surface area contributed by atoms with Gasteiger partial charge in [-0.05, 0) is 37.3 Å². The molecule has 1 N–H and O–H groups in total. The second-order valence-corrected chi connectivity index (χ2v) is 4.66. The van der Waals surface area contributed by atoms with E-state index in [-0.39, 0.29) is 0 Å². The minimum absolute atomic E-state index is 0.400. The first kappa shape index (κ1) is 15.7. The van der Waals surface area contributed by atoms with Gasteiger partial charge in [-0.15, -0.1) is 0 Å². The highest BCUT2D eigenvalue weighted by Crippen LogP contribution is 2.27. The Morgan fingerprint density at radius 2 is 1.73 bits per heavy atom. The smallest absolute Gasteiger partial charge is 0.161 e. The molecule has 0 amide bonds. The molecule has 0 aliphatic heterocycles. The molecule has 0 aliphatic rings. The lowest BCUT2D eigenvalue weighted by Gasteiger charge is -2.12. The van der Waals surface area contributed by atoms with Gasteiger partial charge < -0.3 is 19.4 Å². The average molecular weight is 301 g/mol. The van der Waals surface area contributed by atoms with Gasteiger partial charge in [0.1, 0.15) is 19.0 Å². The molecule has 2 aromatic carbocycles. The van der Waals surface area contributed by atoms with Gasteiger partial charge in [0.25, 0.3) is 0 Å². The molecule has 22 heavy (non-hydrogen) atoms. The van der Waals surface area contributed by atoms with Gasteiger partial charge in [0.2, 0.25) is 0 Å². The molecule has 0 spiro atoms. The van der Waals surface area contributed by atoms with Crippen LogP contribution in [0.2, 0.25) is 0 Å². The number of nitrogens with zero attached hydrogens (tertiary/aromatic N) is 1. The lowest BCUT2D eigenvalue weighted by Crippen LogP contribution is -2.09. The Hall–Kier alpha value is -2.69. The second kappa shape index (κ2) is 7.93. The molecule has 0 aromatic heterocycles. The van der Waals surface area contributed by atoms with Gasteiger partial charge in [-0.1, -0.05) is 22.9 Å². The number of hydrogen-bond acceptors (Lipinski definition) is 5. The molecule has 2 aromatic rings. The first-order valence-corrected chi connectivity index (χ1v) is 6.90. The molecule has 0 bridgehead atoms. The number of benzene rings is 2. The quantitative estimate of drug-likeness (QED) is 0.369.